The molecule has 1 aromatic carbocycles. The van der Waals surface area contributed by atoms with Gasteiger partial charge in [0.15, 0.2) is 0 Å². The zero-order valence-electron chi connectivity index (χ0n) is 13.5. The second-order valence-corrected chi connectivity index (χ2v) is 7.21. The SMILES string of the molecule is C=C(Cc1ccccc1)N1CC2(CCN(C(C)C)CC2)C1. The summed E-state index contributed by atoms with van der Waals surface area (Å²) in [6.45, 7) is 13.9. The Bertz CT molecular complexity index is 476. The molecule has 2 heterocycles. The van der Waals surface area contributed by atoms with Gasteiger partial charge >= 0.3 is 0 Å². The molecule has 2 fully saturated rings. The van der Waals surface area contributed by atoms with E-state index in [0.29, 0.717) is 11.5 Å². The third-order valence-corrected chi connectivity index (χ3v) is 5.34. The standard InChI is InChI=1S/C19H28N2/c1-16(2)20-11-9-19(10-12-20)14-21(15-19)17(3)13-18-7-5-4-6-8-18/h4-8,16H,3,9-15H2,1-2H3. The zero-order valence-corrected chi connectivity index (χ0v) is 13.5. The first kappa shape index (κ1) is 14.6. The van der Waals surface area contributed by atoms with Crippen LogP contribution in [0, 0.1) is 5.41 Å². The molecule has 1 aromatic rings. The van der Waals surface area contributed by atoms with Crippen LogP contribution in [0.25, 0.3) is 0 Å². The van der Waals surface area contributed by atoms with Crippen molar-refractivity contribution >= 4 is 0 Å². The van der Waals surface area contributed by atoms with Gasteiger partial charge in [0.2, 0.25) is 0 Å². The quantitative estimate of drug-likeness (QED) is 0.834. The Labute approximate surface area is 129 Å². The van der Waals surface area contributed by atoms with Crippen molar-refractivity contribution in [3.63, 3.8) is 0 Å². The number of piperidine rings is 1. The molecule has 2 aliphatic heterocycles. The van der Waals surface area contributed by atoms with Crippen LogP contribution in [0.15, 0.2) is 42.6 Å². The van der Waals surface area contributed by atoms with E-state index < -0.39 is 0 Å². The summed E-state index contributed by atoms with van der Waals surface area (Å²) < 4.78 is 0. The summed E-state index contributed by atoms with van der Waals surface area (Å²) in [6.07, 6.45) is 3.72. The second-order valence-electron chi connectivity index (χ2n) is 7.21. The van der Waals surface area contributed by atoms with Crippen molar-refractivity contribution < 1.29 is 0 Å². The third-order valence-electron chi connectivity index (χ3n) is 5.34. The van der Waals surface area contributed by atoms with Gasteiger partial charge in [0, 0.05) is 36.7 Å². The molecule has 2 saturated heterocycles. The van der Waals surface area contributed by atoms with Crippen molar-refractivity contribution in [2.75, 3.05) is 26.2 Å². The first-order chi connectivity index (χ1) is 10.1. The first-order valence-electron chi connectivity index (χ1n) is 8.29. The van der Waals surface area contributed by atoms with Gasteiger partial charge in [-0.3, -0.25) is 0 Å². The van der Waals surface area contributed by atoms with Gasteiger partial charge in [0.05, 0.1) is 0 Å². The fraction of sp³-hybridized carbons (Fsp3) is 0.579. The Kier molecular flexibility index (Phi) is 4.08. The molecule has 2 aliphatic rings. The largest absolute Gasteiger partial charge is 0.374 e. The van der Waals surface area contributed by atoms with Gasteiger partial charge in [-0.05, 0) is 45.3 Å². The summed E-state index contributed by atoms with van der Waals surface area (Å²) in [5, 5.41) is 0. The summed E-state index contributed by atoms with van der Waals surface area (Å²) in [5.41, 5.74) is 3.25. The predicted molar refractivity (Wildman–Crippen MR) is 89.2 cm³/mol. The van der Waals surface area contributed by atoms with E-state index in [0.717, 1.165) is 6.42 Å². The fourth-order valence-corrected chi connectivity index (χ4v) is 3.76. The highest BCUT2D eigenvalue weighted by Gasteiger charge is 2.45. The van der Waals surface area contributed by atoms with E-state index in [1.165, 1.54) is 50.3 Å². The molecular formula is C19H28N2. The highest BCUT2D eigenvalue weighted by Crippen LogP contribution is 2.42. The van der Waals surface area contributed by atoms with Gasteiger partial charge in [0.25, 0.3) is 0 Å². The van der Waals surface area contributed by atoms with Crippen LogP contribution in [-0.2, 0) is 6.42 Å². The van der Waals surface area contributed by atoms with Crippen LogP contribution in [0.5, 0.6) is 0 Å². The topological polar surface area (TPSA) is 6.48 Å². The molecule has 114 valence electrons. The lowest BCUT2D eigenvalue weighted by atomic mass is 9.71. The van der Waals surface area contributed by atoms with Gasteiger partial charge in [-0.15, -0.1) is 0 Å². The second kappa shape index (κ2) is 5.84. The molecule has 0 atom stereocenters. The number of benzene rings is 1. The Balaban J connectivity index is 1.48. The van der Waals surface area contributed by atoms with E-state index in [1.807, 2.05) is 0 Å². The number of allylic oxidation sites excluding steroid dienone is 1. The summed E-state index contributed by atoms with van der Waals surface area (Å²) in [4.78, 5) is 5.12. The molecule has 0 N–H and O–H groups in total. The Morgan fingerprint density at radius 1 is 1.14 bits per heavy atom. The highest BCUT2D eigenvalue weighted by molar-refractivity contribution is 5.21. The maximum absolute atomic E-state index is 4.31. The van der Waals surface area contributed by atoms with Crippen LogP contribution in [0.4, 0.5) is 0 Å². The van der Waals surface area contributed by atoms with Crippen molar-refractivity contribution in [2.45, 2.75) is 39.2 Å². The number of hydrogen-bond acceptors (Lipinski definition) is 2. The molecule has 0 radical (unpaired) electrons. The van der Waals surface area contributed by atoms with Gasteiger partial charge in [-0.1, -0.05) is 36.9 Å². The number of nitrogens with zero attached hydrogens (tertiary/aromatic N) is 2. The van der Waals surface area contributed by atoms with Crippen molar-refractivity contribution in [1.82, 2.24) is 9.80 Å². The average Bonchev–Trinajstić information content (AvgIpc) is 2.45. The monoisotopic (exact) mass is 284 g/mol. The Morgan fingerprint density at radius 2 is 1.76 bits per heavy atom. The van der Waals surface area contributed by atoms with E-state index in [-0.39, 0.29) is 0 Å². The number of likely N-dealkylation sites (tertiary alicyclic amines) is 2. The van der Waals surface area contributed by atoms with Gasteiger partial charge in [0.1, 0.15) is 0 Å². The predicted octanol–water partition coefficient (Wildman–Crippen LogP) is 3.55. The Hall–Kier alpha value is -1.28. The minimum atomic E-state index is 0.588. The summed E-state index contributed by atoms with van der Waals surface area (Å²) >= 11 is 0. The smallest absolute Gasteiger partial charge is 0.0249 e. The first-order valence-corrected chi connectivity index (χ1v) is 8.29. The highest BCUT2D eigenvalue weighted by atomic mass is 15.2. The van der Waals surface area contributed by atoms with Crippen molar-refractivity contribution in [2.24, 2.45) is 5.41 Å². The maximum Gasteiger partial charge on any atom is 0.0249 e. The average molecular weight is 284 g/mol. The van der Waals surface area contributed by atoms with E-state index in [2.05, 4.69) is 60.6 Å². The van der Waals surface area contributed by atoms with Gasteiger partial charge in [-0.2, -0.15) is 0 Å². The maximum atomic E-state index is 4.31. The van der Waals surface area contributed by atoms with Gasteiger partial charge in [-0.25, -0.2) is 0 Å². The van der Waals surface area contributed by atoms with Crippen LogP contribution in [-0.4, -0.2) is 42.0 Å². The molecule has 0 aromatic heterocycles. The van der Waals surface area contributed by atoms with Crippen LogP contribution < -0.4 is 0 Å². The van der Waals surface area contributed by atoms with Crippen molar-refractivity contribution in [3.05, 3.63) is 48.2 Å². The van der Waals surface area contributed by atoms with Gasteiger partial charge < -0.3 is 9.80 Å². The fourth-order valence-electron chi connectivity index (χ4n) is 3.76. The third kappa shape index (κ3) is 3.16. The molecule has 2 heteroatoms. The minimum Gasteiger partial charge on any atom is -0.374 e. The molecule has 2 nitrogen and oxygen atoms in total. The molecule has 1 spiro atoms. The summed E-state index contributed by atoms with van der Waals surface area (Å²) in [6, 6.07) is 11.4. The number of rotatable bonds is 4. The van der Waals surface area contributed by atoms with E-state index in [9.17, 15) is 0 Å². The van der Waals surface area contributed by atoms with Crippen LogP contribution >= 0.6 is 0 Å². The molecule has 0 bridgehead atoms. The lowest BCUT2D eigenvalue weighted by Gasteiger charge is -2.56. The number of hydrogen-bond donors (Lipinski definition) is 0. The van der Waals surface area contributed by atoms with Crippen LogP contribution in [0.1, 0.15) is 32.3 Å². The van der Waals surface area contributed by atoms with Crippen LogP contribution in [0.3, 0.4) is 0 Å². The van der Waals surface area contributed by atoms with E-state index in [4.69, 9.17) is 0 Å². The molecule has 3 rings (SSSR count). The molecular weight excluding hydrogens is 256 g/mol. The normalized spacial score (nSPS) is 21.6. The lowest BCUT2D eigenvalue weighted by molar-refractivity contribution is -0.0334. The Morgan fingerprint density at radius 3 is 2.33 bits per heavy atom. The summed E-state index contributed by atoms with van der Waals surface area (Å²) in [7, 11) is 0. The van der Waals surface area contributed by atoms with E-state index in [1.54, 1.807) is 0 Å². The summed E-state index contributed by atoms with van der Waals surface area (Å²) in [5.74, 6) is 0. The van der Waals surface area contributed by atoms with Crippen molar-refractivity contribution in [1.29, 1.82) is 0 Å². The molecule has 0 amide bonds. The van der Waals surface area contributed by atoms with Crippen LogP contribution in [0.2, 0.25) is 0 Å². The molecule has 0 unspecified atom stereocenters. The molecule has 0 saturated carbocycles. The minimum absolute atomic E-state index is 0.588. The van der Waals surface area contributed by atoms with Crippen molar-refractivity contribution in [3.8, 4) is 0 Å². The van der Waals surface area contributed by atoms with E-state index >= 15 is 0 Å². The lowest BCUT2D eigenvalue weighted by Crippen LogP contribution is -2.60. The zero-order chi connectivity index (χ0) is 14.9. The molecule has 0 aliphatic carbocycles. The molecule has 21 heavy (non-hydrogen) atoms.